The smallest absolute Gasteiger partial charge is 0.321 e. The van der Waals surface area contributed by atoms with Gasteiger partial charge in [0.2, 0.25) is 5.91 Å². The highest BCUT2D eigenvalue weighted by molar-refractivity contribution is 5.96. The third-order valence-electron chi connectivity index (χ3n) is 3.56. The summed E-state index contributed by atoms with van der Waals surface area (Å²) in [5, 5.41) is 8.27. The number of imide groups is 1. The maximum Gasteiger partial charge on any atom is 0.321 e. The molecule has 0 aromatic rings. The lowest BCUT2D eigenvalue weighted by Gasteiger charge is -2.30. The number of likely N-dealkylation sites (N-methyl/N-ethyl adjacent to an activating group) is 1. The topological polar surface area (TPSA) is 73.5 Å². The summed E-state index contributed by atoms with van der Waals surface area (Å²) < 4.78 is 0. The molecule has 2 atom stereocenters. The van der Waals surface area contributed by atoms with Crippen molar-refractivity contribution in [3.8, 4) is 0 Å². The molecule has 0 bridgehead atoms. The minimum Gasteiger partial charge on any atom is -0.338 e. The van der Waals surface area contributed by atoms with E-state index in [1.807, 2.05) is 25.8 Å². The van der Waals surface area contributed by atoms with Crippen LogP contribution >= 0.6 is 0 Å². The minimum atomic E-state index is -0.424. The zero-order chi connectivity index (χ0) is 14.3. The second kappa shape index (κ2) is 8.12. The Kier molecular flexibility index (Phi) is 6.80. The van der Waals surface area contributed by atoms with E-state index in [4.69, 9.17) is 0 Å². The van der Waals surface area contributed by atoms with Gasteiger partial charge in [-0.2, -0.15) is 0 Å². The molecule has 0 aromatic carbocycles. The molecule has 0 saturated carbocycles. The van der Waals surface area contributed by atoms with Gasteiger partial charge in [0.25, 0.3) is 0 Å². The Morgan fingerprint density at radius 2 is 2.21 bits per heavy atom. The van der Waals surface area contributed by atoms with Crippen molar-refractivity contribution in [2.24, 2.45) is 5.92 Å². The van der Waals surface area contributed by atoms with Crippen LogP contribution in [0, 0.1) is 5.92 Å². The maximum atomic E-state index is 11.9. The quantitative estimate of drug-likeness (QED) is 0.665. The Hall–Kier alpha value is -1.14. The number of carbonyl (C=O) groups is 2. The van der Waals surface area contributed by atoms with Crippen molar-refractivity contribution in [3.05, 3.63) is 0 Å². The van der Waals surface area contributed by atoms with Crippen molar-refractivity contribution in [1.29, 1.82) is 0 Å². The molecular formula is C13H26N4O2. The van der Waals surface area contributed by atoms with Gasteiger partial charge in [0.05, 0.1) is 6.04 Å². The van der Waals surface area contributed by atoms with Gasteiger partial charge < -0.3 is 10.6 Å². The van der Waals surface area contributed by atoms with E-state index in [9.17, 15) is 9.59 Å². The lowest BCUT2D eigenvalue weighted by Crippen LogP contribution is -2.50. The zero-order valence-electron chi connectivity index (χ0n) is 12.2. The molecule has 1 aliphatic rings. The van der Waals surface area contributed by atoms with Crippen LogP contribution in [0.15, 0.2) is 0 Å². The molecule has 3 amide bonds. The van der Waals surface area contributed by atoms with Gasteiger partial charge in [0.1, 0.15) is 0 Å². The number of nitrogens with one attached hydrogen (secondary N) is 3. The number of urea groups is 1. The lowest BCUT2D eigenvalue weighted by atomic mass is 9.99. The molecular weight excluding hydrogens is 244 g/mol. The molecule has 19 heavy (non-hydrogen) atoms. The molecule has 0 aromatic heterocycles. The van der Waals surface area contributed by atoms with Gasteiger partial charge in [-0.25, -0.2) is 4.79 Å². The molecule has 6 heteroatoms. The van der Waals surface area contributed by atoms with E-state index < -0.39 is 6.03 Å². The number of hydrogen-bond donors (Lipinski definition) is 3. The molecule has 2 unspecified atom stereocenters. The fourth-order valence-corrected chi connectivity index (χ4v) is 2.27. The normalized spacial score (nSPS) is 20.9. The van der Waals surface area contributed by atoms with E-state index in [0.717, 1.165) is 19.6 Å². The largest absolute Gasteiger partial charge is 0.338 e. The van der Waals surface area contributed by atoms with Crippen LogP contribution in [0.25, 0.3) is 0 Å². The molecule has 0 aliphatic carbocycles. The summed E-state index contributed by atoms with van der Waals surface area (Å²) >= 11 is 0. The number of rotatable bonds is 5. The Balaban J connectivity index is 2.35. The first-order valence-electron chi connectivity index (χ1n) is 7.04. The Bertz CT molecular complexity index is 303. The highest BCUT2D eigenvalue weighted by Crippen LogP contribution is 2.12. The number of hydrogen-bond acceptors (Lipinski definition) is 4. The van der Waals surface area contributed by atoms with Crippen LogP contribution in [-0.2, 0) is 4.79 Å². The fraction of sp³-hybridized carbons (Fsp3) is 0.846. The lowest BCUT2D eigenvalue weighted by molar-refractivity contribution is -0.124. The molecule has 1 saturated heterocycles. The van der Waals surface area contributed by atoms with Crippen LogP contribution in [0.5, 0.6) is 0 Å². The third kappa shape index (κ3) is 5.57. The standard InChI is InChI=1S/C13H26N4O2/c1-4-15-13(19)16-12(18)10(2)17(3)9-11-6-5-7-14-8-11/h10-11,14H,4-9H2,1-3H3,(H2,15,16,18,19). The van der Waals surface area contributed by atoms with Crippen molar-refractivity contribution in [3.63, 3.8) is 0 Å². The monoisotopic (exact) mass is 270 g/mol. The van der Waals surface area contributed by atoms with Gasteiger partial charge in [0, 0.05) is 13.1 Å². The van der Waals surface area contributed by atoms with Gasteiger partial charge in [-0.3, -0.25) is 15.0 Å². The summed E-state index contributed by atoms with van der Waals surface area (Å²) in [4.78, 5) is 25.2. The van der Waals surface area contributed by atoms with Crippen molar-refractivity contribution in [1.82, 2.24) is 20.9 Å². The van der Waals surface area contributed by atoms with Crippen LogP contribution in [0.4, 0.5) is 4.79 Å². The van der Waals surface area contributed by atoms with Crippen molar-refractivity contribution >= 4 is 11.9 Å². The van der Waals surface area contributed by atoms with Crippen LogP contribution in [0.1, 0.15) is 26.7 Å². The Morgan fingerprint density at radius 1 is 1.47 bits per heavy atom. The van der Waals surface area contributed by atoms with E-state index in [0.29, 0.717) is 12.5 Å². The summed E-state index contributed by atoms with van der Waals surface area (Å²) in [6.07, 6.45) is 2.39. The second-order valence-electron chi connectivity index (χ2n) is 5.18. The molecule has 110 valence electrons. The van der Waals surface area contributed by atoms with Crippen molar-refractivity contribution in [2.75, 3.05) is 33.2 Å². The minimum absolute atomic E-state index is 0.253. The first kappa shape index (κ1) is 15.9. The molecule has 3 N–H and O–H groups in total. The summed E-state index contributed by atoms with van der Waals surface area (Å²) in [5.41, 5.74) is 0. The highest BCUT2D eigenvalue weighted by atomic mass is 16.2. The average molecular weight is 270 g/mol. The number of piperidine rings is 1. The predicted octanol–water partition coefficient (Wildman–Crippen LogP) is 0.152. The van der Waals surface area contributed by atoms with Crippen LogP contribution in [0.2, 0.25) is 0 Å². The van der Waals surface area contributed by atoms with Gasteiger partial charge >= 0.3 is 6.03 Å². The molecule has 1 rings (SSSR count). The SMILES string of the molecule is CCNC(=O)NC(=O)C(C)N(C)CC1CCCNC1. The maximum absolute atomic E-state index is 11.9. The first-order chi connectivity index (χ1) is 9.04. The van der Waals surface area contributed by atoms with E-state index in [1.165, 1.54) is 12.8 Å². The first-order valence-corrected chi connectivity index (χ1v) is 7.04. The molecule has 0 radical (unpaired) electrons. The van der Waals surface area contributed by atoms with E-state index in [1.54, 1.807) is 0 Å². The molecule has 0 spiro atoms. The van der Waals surface area contributed by atoms with Crippen LogP contribution < -0.4 is 16.0 Å². The zero-order valence-corrected chi connectivity index (χ0v) is 12.2. The molecule has 6 nitrogen and oxygen atoms in total. The van der Waals surface area contributed by atoms with Crippen LogP contribution in [0.3, 0.4) is 0 Å². The van der Waals surface area contributed by atoms with Crippen molar-refractivity contribution in [2.45, 2.75) is 32.7 Å². The molecule has 1 heterocycles. The van der Waals surface area contributed by atoms with Gasteiger partial charge in [-0.15, -0.1) is 0 Å². The predicted molar refractivity (Wildman–Crippen MR) is 74.9 cm³/mol. The Morgan fingerprint density at radius 3 is 2.79 bits per heavy atom. The van der Waals surface area contributed by atoms with E-state index in [-0.39, 0.29) is 11.9 Å². The van der Waals surface area contributed by atoms with Gasteiger partial charge in [-0.05, 0) is 52.7 Å². The number of amides is 3. The molecule has 1 fully saturated rings. The number of carbonyl (C=O) groups excluding carboxylic acids is 2. The third-order valence-corrected chi connectivity index (χ3v) is 3.56. The van der Waals surface area contributed by atoms with E-state index in [2.05, 4.69) is 16.0 Å². The Labute approximate surface area is 115 Å². The summed E-state index contributed by atoms with van der Waals surface area (Å²) in [5.74, 6) is 0.329. The number of nitrogens with zero attached hydrogens (tertiary/aromatic N) is 1. The van der Waals surface area contributed by atoms with Crippen LogP contribution in [-0.4, -0.2) is 56.1 Å². The van der Waals surface area contributed by atoms with Gasteiger partial charge in [0.15, 0.2) is 0 Å². The summed E-state index contributed by atoms with van der Waals surface area (Å²) in [6.45, 7) is 7.12. The summed E-state index contributed by atoms with van der Waals surface area (Å²) in [7, 11) is 1.93. The average Bonchev–Trinajstić information content (AvgIpc) is 2.39. The van der Waals surface area contributed by atoms with E-state index >= 15 is 0 Å². The highest BCUT2D eigenvalue weighted by Gasteiger charge is 2.23. The van der Waals surface area contributed by atoms with Crippen molar-refractivity contribution < 1.29 is 9.59 Å². The molecule has 1 aliphatic heterocycles. The second-order valence-corrected chi connectivity index (χ2v) is 5.18. The fourth-order valence-electron chi connectivity index (χ4n) is 2.27. The van der Waals surface area contributed by atoms with Gasteiger partial charge in [-0.1, -0.05) is 0 Å². The summed E-state index contributed by atoms with van der Waals surface area (Å²) in [6, 6.07) is -0.725.